The average molecular weight is 251 g/mol. The van der Waals surface area contributed by atoms with Crippen molar-refractivity contribution in [1.82, 2.24) is 9.88 Å². The van der Waals surface area contributed by atoms with Gasteiger partial charge in [0.1, 0.15) is 5.82 Å². The molecule has 0 amide bonds. The lowest BCUT2D eigenvalue weighted by molar-refractivity contribution is 0.0690. The molecule has 0 saturated heterocycles. The van der Waals surface area contributed by atoms with Gasteiger partial charge in [0.25, 0.3) is 0 Å². The van der Waals surface area contributed by atoms with Crippen LogP contribution in [0, 0.1) is 5.92 Å². The van der Waals surface area contributed by atoms with E-state index in [1.54, 1.807) is 12.1 Å². The first-order valence-electron chi connectivity index (χ1n) is 6.01. The molecule has 0 aliphatic carbocycles. The van der Waals surface area contributed by atoms with Gasteiger partial charge in [0.15, 0.2) is 5.69 Å². The van der Waals surface area contributed by atoms with Gasteiger partial charge in [-0.15, -0.1) is 0 Å². The van der Waals surface area contributed by atoms with E-state index in [0.717, 1.165) is 6.54 Å². The molecule has 0 aliphatic rings. The van der Waals surface area contributed by atoms with Gasteiger partial charge in [0.2, 0.25) is 0 Å². The molecule has 0 aliphatic heterocycles. The Hall–Kier alpha value is -1.62. The van der Waals surface area contributed by atoms with E-state index < -0.39 is 5.97 Å². The van der Waals surface area contributed by atoms with Gasteiger partial charge in [-0.2, -0.15) is 0 Å². The minimum Gasteiger partial charge on any atom is -0.477 e. The summed E-state index contributed by atoms with van der Waals surface area (Å²) >= 11 is 0. The Morgan fingerprint density at radius 1 is 1.44 bits per heavy atom. The molecular weight excluding hydrogens is 230 g/mol. The third-order valence-corrected chi connectivity index (χ3v) is 2.67. The molecule has 2 N–H and O–H groups in total. The van der Waals surface area contributed by atoms with E-state index in [4.69, 9.17) is 5.11 Å². The van der Waals surface area contributed by atoms with Crippen molar-refractivity contribution in [2.24, 2.45) is 5.92 Å². The van der Waals surface area contributed by atoms with Crippen LogP contribution in [0.25, 0.3) is 0 Å². The van der Waals surface area contributed by atoms with E-state index in [1.807, 2.05) is 14.1 Å². The second-order valence-corrected chi connectivity index (χ2v) is 4.97. The van der Waals surface area contributed by atoms with Crippen LogP contribution >= 0.6 is 0 Å². The molecule has 0 bridgehead atoms. The maximum atomic E-state index is 10.9. The number of aromatic nitrogens is 1. The largest absolute Gasteiger partial charge is 0.477 e. The number of carboxylic acids is 1. The first-order valence-corrected chi connectivity index (χ1v) is 6.01. The van der Waals surface area contributed by atoms with Crippen molar-refractivity contribution in [1.29, 1.82) is 0 Å². The second-order valence-electron chi connectivity index (χ2n) is 4.97. The van der Waals surface area contributed by atoms with Crippen molar-refractivity contribution in [3.63, 3.8) is 0 Å². The first kappa shape index (κ1) is 14.4. The number of pyridine rings is 1. The van der Waals surface area contributed by atoms with Crippen molar-refractivity contribution in [3.05, 3.63) is 23.9 Å². The zero-order valence-corrected chi connectivity index (χ0v) is 11.3. The Morgan fingerprint density at radius 3 is 2.61 bits per heavy atom. The molecular formula is C13H21N3O2. The third-order valence-electron chi connectivity index (χ3n) is 2.67. The van der Waals surface area contributed by atoms with Crippen LogP contribution in [-0.2, 0) is 0 Å². The fourth-order valence-corrected chi connectivity index (χ4v) is 1.64. The Bertz CT molecular complexity index is 405. The highest BCUT2D eigenvalue weighted by Gasteiger charge is 2.15. The molecule has 5 heteroatoms. The zero-order chi connectivity index (χ0) is 13.7. The monoisotopic (exact) mass is 251 g/mol. The average Bonchev–Trinajstić information content (AvgIpc) is 2.27. The molecule has 18 heavy (non-hydrogen) atoms. The van der Waals surface area contributed by atoms with E-state index in [0.29, 0.717) is 11.7 Å². The lowest BCUT2D eigenvalue weighted by atomic mass is 10.0. The fourth-order valence-electron chi connectivity index (χ4n) is 1.64. The summed E-state index contributed by atoms with van der Waals surface area (Å²) in [6, 6.07) is 5.21. The lowest BCUT2D eigenvalue weighted by Crippen LogP contribution is -2.36. The van der Waals surface area contributed by atoms with Crippen LogP contribution in [0.2, 0.25) is 0 Å². The van der Waals surface area contributed by atoms with E-state index in [1.165, 1.54) is 6.07 Å². The standard InChI is InChI=1S/C13H21N3O2/c1-9(2)11(8-16(3)4)15-12-7-5-6-10(14-12)13(17)18/h5-7,9,11H,8H2,1-4H3,(H,14,15)(H,17,18). The lowest BCUT2D eigenvalue weighted by Gasteiger charge is -2.26. The predicted octanol–water partition coefficient (Wildman–Crippen LogP) is 1.78. The number of aromatic carboxylic acids is 1. The fraction of sp³-hybridized carbons (Fsp3) is 0.538. The van der Waals surface area contributed by atoms with E-state index >= 15 is 0 Å². The van der Waals surface area contributed by atoms with Gasteiger partial charge in [-0.1, -0.05) is 19.9 Å². The molecule has 1 aromatic rings. The molecule has 1 aromatic heterocycles. The normalized spacial score (nSPS) is 12.8. The number of hydrogen-bond donors (Lipinski definition) is 2. The van der Waals surface area contributed by atoms with Gasteiger partial charge in [0.05, 0.1) is 0 Å². The van der Waals surface area contributed by atoms with Gasteiger partial charge < -0.3 is 15.3 Å². The quantitative estimate of drug-likeness (QED) is 0.806. The smallest absolute Gasteiger partial charge is 0.354 e. The second kappa shape index (κ2) is 6.35. The Morgan fingerprint density at radius 2 is 2.11 bits per heavy atom. The first-order chi connectivity index (χ1) is 8.40. The van der Waals surface area contributed by atoms with Crippen molar-refractivity contribution in [2.45, 2.75) is 19.9 Å². The minimum absolute atomic E-state index is 0.0624. The number of likely N-dealkylation sites (N-methyl/N-ethyl adjacent to an activating group) is 1. The summed E-state index contributed by atoms with van der Waals surface area (Å²) in [5.41, 5.74) is 0.0624. The van der Waals surface area contributed by atoms with Crippen molar-refractivity contribution in [3.8, 4) is 0 Å². The van der Waals surface area contributed by atoms with Crippen LogP contribution in [0.4, 0.5) is 5.82 Å². The van der Waals surface area contributed by atoms with E-state index in [2.05, 4.69) is 29.0 Å². The SMILES string of the molecule is CC(C)C(CN(C)C)Nc1cccc(C(=O)O)n1. The molecule has 0 aromatic carbocycles. The number of nitrogens with zero attached hydrogens (tertiary/aromatic N) is 2. The van der Waals surface area contributed by atoms with Gasteiger partial charge in [-0.3, -0.25) is 0 Å². The summed E-state index contributed by atoms with van der Waals surface area (Å²) < 4.78 is 0. The molecule has 1 unspecified atom stereocenters. The minimum atomic E-state index is -1.01. The Balaban J connectivity index is 2.80. The van der Waals surface area contributed by atoms with E-state index in [-0.39, 0.29) is 11.7 Å². The Kier molecular flexibility index (Phi) is 5.09. The highest BCUT2D eigenvalue weighted by molar-refractivity contribution is 5.85. The third kappa shape index (κ3) is 4.33. The Labute approximate surface area is 108 Å². The van der Waals surface area contributed by atoms with Gasteiger partial charge >= 0.3 is 5.97 Å². The van der Waals surface area contributed by atoms with Crippen LogP contribution in [-0.4, -0.2) is 47.6 Å². The van der Waals surface area contributed by atoms with Crippen molar-refractivity contribution in [2.75, 3.05) is 26.0 Å². The molecule has 1 rings (SSSR count). The summed E-state index contributed by atoms with van der Waals surface area (Å²) in [6.07, 6.45) is 0. The van der Waals surface area contributed by atoms with Gasteiger partial charge in [-0.25, -0.2) is 9.78 Å². The topological polar surface area (TPSA) is 65.5 Å². The maximum absolute atomic E-state index is 10.9. The molecule has 5 nitrogen and oxygen atoms in total. The number of nitrogens with one attached hydrogen (secondary N) is 1. The summed E-state index contributed by atoms with van der Waals surface area (Å²) in [4.78, 5) is 17.0. The summed E-state index contributed by atoms with van der Waals surface area (Å²) in [7, 11) is 4.02. The highest BCUT2D eigenvalue weighted by Crippen LogP contribution is 2.12. The van der Waals surface area contributed by atoms with Crippen molar-refractivity contribution >= 4 is 11.8 Å². The van der Waals surface area contributed by atoms with Crippen LogP contribution in [0.1, 0.15) is 24.3 Å². The highest BCUT2D eigenvalue weighted by atomic mass is 16.4. The zero-order valence-electron chi connectivity index (χ0n) is 11.3. The summed E-state index contributed by atoms with van der Waals surface area (Å²) in [5, 5.41) is 12.2. The maximum Gasteiger partial charge on any atom is 0.354 e. The van der Waals surface area contributed by atoms with Crippen LogP contribution < -0.4 is 5.32 Å². The van der Waals surface area contributed by atoms with Gasteiger partial charge in [-0.05, 0) is 32.1 Å². The molecule has 0 radical (unpaired) electrons. The number of carbonyl (C=O) groups is 1. The molecule has 100 valence electrons. The van der Waals surface area contributed by atoms with Crippen LogP contribution in [0.15, 0.2) is 18.2 Å². The molecule has 0 fully saturated rings. The van der Waals surface area contributed by atoms with Crippen LogP contribution in [0.5, 0.6) is 0 Å². The summed E-state index contributed by atoms with van der Waals surface area (Å²) in [6.45, 7) is 5.13. The molecule has 1 atom stereocenters. The van der Waals surface area contributed by atoms with Crippen LogP contribution in [0.3, 0.4) is 0 Å². The predicted molar refractivity (Wildman–Crippen MR) is 72.0 cm³/mol. The number of rotatable bonds is 6. The number of carboxylic acid groups (broad SMARTS) is 1. The van der Waals surface area contributed by atoms with Crippen molar-refractivity contribution < 1.29 is 9.90 Å². The number of anilines is 1. The molecule has 0 spiro atoms. The van der Waals surface area contributed by atoms with Gasteiger partial charge in [0, 0.05) is 12.6 Å². The van der Waals surface area contributed by atoms with E-state index in [9.17, 15) is 4.79 Å². The number of hydrogen-bond acceptors (Lipinski definition) is 4. The molecule has 0 saturated carbocycles. The summed E-state index contributed by atoms with van der Waals surface area (Å²) in [5.74, 6) is 0.0329. The molecule has 1 heterocycles.